The quantitative estimate of drug-likeness (QED) is 0.0655. The number of carbonyl (C=O) groups excluding carboxylic acids is 2. The lowest BCUT2D eigenvalue weighted by atomic mass is 9.71. The minimum Gasteiger partial charge on any atom is -0.462 e. The van der Waals surface area contributed by atoms with Gasteiger partial charge in [-0.3, -0.25) is 9.59 Å². The number of fused-ring (bicyclic) bond motifs is 4. The van der Waals surface area contributed by atoms with Crippen molar-refractivity contribution in [3.8, 4) is 0 Å². The first-order valence-electron chi connectivity index (χ1n) is 45.8. The summed E-state index contributed by atoms with van der Waals surface area (Å²) in [5.74, 6) is -4.25. The maximum Gasteiger partial charge on any atom is 0.316 e. The van der Waals surface area contributed by atoms with E-state index in [2.05, 4.69) is 81.4 Å². The molecule has 2 aliphatic carbocycles. The van der Waals surface area contributed by atoms with Crippen LogP contribution >= 0.6 is 0 Å². The number of aliphatic hydroxyl groups excluding tert-OH is 4. The molecule has 4 bridgehead atoms. The van der Waals surface area contributed by atoms with E-state index < -0.39 is 182 Å². The Morgan fingerprint density at radius 3 is 1.24 bits per heavy atom. The zero-order valence-corrected chi connectivity index (χ0v) is 76.2. The minimum absolute atomic E-state index is 0.00708. The summed E-state index contributed by atoms with van der Waals surface area (Å²) in [6.07, 6.45) is 12.1. The Kier molecular flexibility index (Phi) is 31.9. The summed E-state index contributed by atoms with van der Waals surface area (Å²) >= 11 is 0. The number of carbonyl (C=O) groups is 2. The fourth-order valence-electron chi connectivity index (χ4n) is 21.8. The van der Waals surface area contributed by atoms with Crippen LogP contribution in [0.2, 0.25) is 0 Å². The van der Waals surface area contributed by atoms with Gasteiger partial charge in [-0.15, -0.1) is 0 Å². The van der Waals surface area contributed by atoms with Gasteiger partial charge in [-0.05, 0) is 138 Å². The molecule has 12 aliphatic heterocycles. The number of ether oxygens (including phenoxy) is 20. The summed E-state index contributed by atoms with van der Waals surface area (Å²) in [4.78, 5) is 28.7. The monoisotopic (exact) mass is 1740 g/mol. The van der Waals surface area contributed by atoms with Gasteiger partial charge in [0.25, 0.3) is 0 Å². The van der Waals surface area contributed by atoms with E-state index in [1.54, 1.807) is 80.4 Å². The number of methoxy groups -OCH3 is 4. The molecule has 2 spiro atoms. The smallest absolute Gasteiger partial charge is 0.316 e. The van der Waals surface area contributed by atoms with Crippen molar-refractivity contribution in [2.75, 3.05) is 41.7 Å². The molecule has 2 unspecified atom stereocenters. The molecule has 28 nitrogen and oxygen atoms in total. The van der Waals surface area contributed by atoms with Gasteiger partial charge in [-0.1, -0.05) is 123 Å². The van der Waals surface area contributed by atoms with Gasteiger partial charge in [-0.2, -0.15) is 0 Å². The third kappa shape index (κ3) is 20.8. The molecule has 14 aliphatic rings. The molecule has 0 aromatic heterocycles. The summed E-state index contributed by atoms with van der Waals surface area (Å²) in [5, 5.41) is 68.4. The summed E-state index contributed by atoms with van der Waals surface area (Å²) in [7, 11) is 6.45. The molecule has 12 heterocycles. The van der Waals surface area contributed by atoms with E-state index in [1.165, 1.54) is 0 Å². The third-order valence-corrected chi connectivity index (χ3v) is 29.3. The van der Waals surface area contributed by atoms with Crippen molar-refractivity contribution in [1.29, 1.82) is 0 Å². The SMILES string of the molecule is CC[C@@H](C)[C@H]1O[C@]2(CC[C@@H]1C)C[C@@H]1C[C@@H](C/C=C(\C)[C@@H](O[C@H]3C[C@H](OC)[C@@H](O[C@H]4C[C@H](OC)[C@@H](O)[C@H](C)O4)[C@H](C)O3)[C@@H](C)/C=C/C=C3\CO[C@@H]4[C@H](O)C(C)=CC(C(=O)O1)[C@]34O)O2.CO[C@H]1C[C@H](O[C@H]2[C@H](C)O[C@@H](O[C@@H]3/C(C)=C/C[C@@H]4C[C@@H](C[C@]5(CC[C@H](C)[C@@H](C(C)C)O5)O4)OC(=O)C4C=C(C)[C@@H](O)[C@H]5OC/C(=C\C=C\[C@@H]3C)[C@@]45O)C[C@@H]2OC)O[C@@H](C)[C@@H]1O. The number of aliphatic hydroxyl groups is 6. The Labute approximate surface area is 728 Å². The number of allylic oxidation sites excluding steroid dienone is 4. The maximum atomic E-state index is 14.4. The van der Waals surface area contributed by atoms with Gasteiger partial charge in [0.15, 0.2) is 36.7 Å². The van der Waals surface area contributed by atoms with Crippen LogP contribution in [-0.4, -0.2) is 279 Å². The molecule has 694 valence electrons. The van der Waals surface area contributed by atoms with Crippen molar-refractivity contribution >= 4 is 11.9 Å². The highest BCUT2D eigenvalue weighted by atomic mass is 16.8. The Bertz CT molecular complexity index is 3810. The van der Waals surface area contributed by atoms with E-state index in [1.807, 2.05) is 38.2 Å². The lowest BCUT2D eigenvalue weighted by molar-refractivity contribution is -0.341. The van der Waals surface area contributed by atoms with E-state index >= 15 is 0 Å². The first-order chi connectivity index (χ1) is 58.5. The van der Waals surface area contributed by atoms with E-state index in [-0.39, 0.29) is 67.6 Å². The largest absolute Gasteiger partial charge is 0.462 e. The van der Waals surface area contributed by atoms with Gasteiger partial charge >= 0.3 is 11.9 Å². The van der Waals surface area contributed by atoms with Crippen LogP contribution in [0.25, 0.3) is 0 Å². The summed E-state index contributed by atoms with van der Waals surface area (Å²) in [5.41, 5.74) is 0.372. The zero-order valence-electron chi connectivity index (χ0n) is 76.2. The van der Waals surface area contributed by atoms with Gasteiger partial charge in [0.1, 0.15) is 84.1 Å². The van der Waals surface area contributed by atoms with E-state index in [0.717, 1.165) is 30.4 Å². The Morgan fingerprint density at radius 2 is 0.846 bits per heavy atom. The summed E-state index contributed by atoms with van der Waals surface area (Å²) < 4.78 is 128. The van der Waals surface area contributed by atoms with Crippen LogP contribution in [0.1, 0.15) is 207 Å². The first-order valence-corrected chi connectivity index (χ1v) is 45.8. The van der Waals surface area contributed by atoms with Crippen LogP contribution in [-0.2, 0) is 104 Å². The van der Waals surface area contributed by atoms with E-state index in [0.29, 0.717) is 117 Å². The highest BCUT2D eigenvalue weighted by Gasteiger charge is 2.63. The maximum absolute atomic E-state index is 14.4. The Morgan fingerprint density at radius 1 is 0.472 bits per heavy atom. The van der Waals surface area contributed by atoms with Gasteiger partial charge in [0.05, 0.1) is 98.7 Å². The van der Waals surface area contributed by atoms with Crippen molar-refractivity contribution in [1.82, 2.24) is 0 Å². The highest BCUT2D eigenvalue weighted by molar-refractivity contribution is 5.79. The number of esters is 2. The molecule has 0 radical (unpaired) electrons. The van der Waals surface area contributed by atoms with Gasteiger partial charge in [0.2, 0.25) is 0 Å². The molecule has 0 amide bonds. The minimum atomic E-state index is -1.82. The second kappa shape index (κ2) is 40.7. The van der Waals surface area contributed by atoms with Crippen LogP contribution in [0.3, 0.4) is 0 Å². The fraction of sp³-hybridized carbons (Fsp3) is 0.811. The van der Waals surface area contributed by atoms with Crippen LogP contribution in [0.15, 0.2) is 94.2 Å². The van der Waals surface area contributed by atoms with Gasteiger partial charge in [0, 0.05) is 104 Å². The van der Waals surface area contributed by atoms with Crippen LogP contribution in [0, 0.1) is 47.3 Å². The van der Waals surface area contributed by atoms with Crippen molar-refractivity contribution in [2.45, 2.75) is 402 Å². The molecule has 0 aromatic carbocycles. The number of hydrogen-bond donors (Lipinski definition) is 6. The third-order valence-electron chi connectivity index (χ3n) is 29.3. The Balaban J connectivity index is 0.000000212. The Hall–Kier alpha value is -4.10. The van der Waals surface area contributed by atoms with Gasteiger partial charge < -0.3 is 125 Å². The molecule has 0 aromatic rings. The summed E-state index contributed by atoms with van der Waals surface area (Å²) in [6, 6.07) is 0. The van der Waals surface area contributed by atoms with E-state index in [9.17, 15) is 40.2 Å². The molecular weight excluding hydrogens is 1590 g/mol. The molecule has 14 rings (SSSR count). The molecule has 28 heteroatoms. The average Bonchev–Trinajstić information content (AvgIpc) is 1.61. The molecule has 10 fully saturated rings. The first kappa shape index (κ1) is 96.5. The standard InChI is InChI=1S/C48H74O14.C47H72O14/c1-11-25(2)43-28(5)17-18-47(62-43)23-34-20-33(61-47)16-15-27(4)42(26(3)13-12-14-32-24-55-45-40(49)29(6)19-35(46(51)58-34)48(32,45)52)59-39-22-37(54-10)44(31(8)57-39)60-38-21-36(53-9)41(50)30(7)56-38;1-24(2)41-27(5)16-17-46(61-41)22-33-19-32(60-46)15-14-26(4)42(25(3)12-11-13-31-23-54-44-39(48)28(6)18-34(45(50)57-33)47(31,44)51)58-38-21-36(53-10)43(30(8)56-38)59-37-20-35(52-9)40(49)29(7)55-37/h12-15,19,25-26,28,30-31,33-45,49-50,52H,11,16-18,20-24H2,1-10H3;11-14,18,24-25,27,29-30,32-44,48-49,51H,15-17,19-23H2,1-10H3/b13-12+,27-15+,32-14+;12-11+,26-14+,31-13+/t25-,26+,28+,30+,31+,33-,34+,35?,36+,37+,38+,39+,40-,41+,42+,43-,44+,45-,47-,48-;25-,27-,29-,30-,32+,33-,34?,35-,36-,37-,38-,39+,40-,41+,42-,43-,44+,46+,47+/m10/s1. The molecular formula is C95H146O28. The van der Waals surface area contributed by atoms with Crippen molar-refractivity contribution in [3.63, 3.8) is 0 Å². The molecule has 6 N–H and O–H groups in total. The number of rotatable bonds is 15. The van der Waals surface area contributed by atoms with Crippen molar-refractivity contribution < 1.29 is 135 Å². The summed E-state index contributed by atoms with van der Waals surface area (Å²) in [6.45, 7) is 32.5. The zero-order chi connectivity index (χ0) is 88.6. The lowest BCUT2D eigenvalue weighted by Crippen LogP contribution is -2.58. The van der Waals surface area contributed by atoms with E-state index in [4.69, 9.17) is 94.7 Å². The van der Waals surface area contributed by atoms with Gasteiger partial charge in [-0.25, -0.2) is 0 Å². The molecule has 39 atom stereocenters. The predicted molar refractivity (Wildman–Crippen MR) is 450 cm³/mol. The molecule has 0 saturated carbocycles. The second-order valence-electron chi connectivity index (χ2n) is 38.6. The lowest BCUT2D eigenvalue weighted by Gasteiger charge is -2.51. The topological polar surface area (TPSA) is 340 Å². The van der Waals surface area contributed by atoms with Crippen LogP contribution in [0.4, 0.5) is 0 Å². The fourth-order valence-corrected chi connectivity index (χ4v) is 21.8. The predicted octanol–water partition coefficient (Wildman–Crippen LogP) is 10.8. The highest BCUT2D eigenvalue weighted by Crippen LogP contribution is 2.52. The van der Waals surface area contributed by atoms with Crippen molar-refractivity contribution in [2.24, 2.45) is 47.3 Å². The van der Waals surface area contributed by atoms with Crippen molar-refractivity contribution in [3.05, 3.63) is 94.2 Å². The van der Waals surface area contributed by atoms with Crippen LogP contribution < -0.4 is 0 Å². The molecule has 10 saturated heterocycles. The normalized spacial score (nSPS) is 49.5. The number of hydrogen-bond acceptors (Lipinski definition) is 28. The van der Waals surface area contributed by atoms with Crippen LogP contribution in [0.5, 0.6) is 0 Å². The average molecular weight is 1740 g/mol. The molecule has 123 heavy (non-hydrogen) atoms. The second-order valence-corrected chi connectivity index (χ2v) is 38.6.